The Hall–Kier alpha value is -2.17. The first-order valence-corrected chi connectivity index (χ1v) is 9.85. The lowest BCUT2D eigenvalue weighted by molar-refractivity contribution is 0.0848. The lowest BCUT2D eigenvalue weighted by atomic mass is 10.2. The summed E-state index contributed by atoms with van der Waals surface area (Å²) in [6.07, 6.45) is 0. The third-order valence-electron chi connectivity index (χ3n) is 3.98. The second kappa shape index (κ2) is 8.68. The van der Waals surface area contributed by atoms with Crippen molar-refractivity contribution in [2.24, 2.45) is 0 Å². The van der Waals surface area contributed by atoms with E-state index in [1.807, 2.05) is 0 Å². The van der Waals surface area contributed by atoms with Crippen LogP contribution in [0.4, 0.5) is 5.13 Å². The van der Waals surface area contributed by atoms with E-state index >= 15 is 0 Å². The largest absolute Gasteiger partial charge is 0.496 e. The van der Waals surface area contributed by atoms with Crippen molar-refractivity contribution in [3.05, 3.63) is 38.8 Å². The molecule has 144 valence electrons. The first kappa shape index (κ1) is 19.6. The number of carbonyl (C=O) groups is 2. The van der Waals surface area contributed by atoms with Crippen molar-refractivity contribution < 1.29 is 19.1 Å². The number of morpholine rings is 1. The van der Waals surface area contributed by atoms with Crippen LogP contribution in [0, 0.1) is 6.92 Å². The van der Waals surface area contributed by atoms with Crippen LogP contribution in [-0.2, 0) is 4.74 Å². The molecule has 1 saturated heterocycles. The second-order valence-electron chi connectivity index (χ2n) is 5.77. The van der Waals surface area contributed by atoms with E-state index in [4.69, 9.17) is 9.47 Å². The van der Waals surface area contributed by atoms with E-state index < -0.39 is 11.8 Å². The van der Waals surface area contributed by atoms with E-state index in [2.05, 4.69) is 36.7 Å². The number of hydrazine groups is 1. The van der Waals surface area contributed by atoms with Crippen LogP contribution in [0.2, 0.25) is 0 Å². The number of amides is 2. The van der Waals surface area contributed by atoms with Gasteiger partial charge >= 0.3 is 0 Å². The van der Waals surface area contributed by atoms with Gasteiger partial charge in [0, 0.05) is 18.7 Å². The van der Waals surface area contributed by atoms with Gasteiger partial charge in [-0.3, -0.25) is 20.4 Å². The van der Waals surface area contributed by atoms with Gasteiger partial charge in [-0.1, -0.05) is 11.3 Å². The average molecular weight is 455 g/mol. The monoisotopic (exact) mass is 454 g/mol. The fourth-order valence-electron chi connectivity index (χ4n) is 2.53. The number of carbonyl (C=O) groups excluding carboxylic acids is 2. The van der Waals surface area contributed by atoms with Gasteiger partial charge in [0.05, 0.1) is 30.5 Å². The Balaban J connectivity index is 1.62. The molecule has 0 aliphatic carbocycles. The Morgan fingerprint density at radius 1 is 1.26 bits per heavy atom. The normalized spacial score (nSPS) is 14.0. The third kappa shape index (κ3) is 4.57. The summed E-state index contributed by atoms with van der Waals surface area (Å²) in [5.74, 6) is -0.209. The van der Waals surface area contributed by atoms with Gasteiger partial charge in [0.25, 0.3) is 11.8 Å². The van der Waals surface area contributed by atoms with Crippen molar-refractivity contribution in [2.45, 2.75) is 6.92 Å². The van der Waals surface area contributed by atoms with Crippen LogP contribution in [-0.4, -0.2) is 50.2 Å². The van der Waals surface area contributed by atoms with Crippen LogP contribution in [0.5, 0.6) is 5.75 Å². The van der Waals surface area contributed by atoms with E-state index in [-0.39, 0.29) is 0 Å². The highest BCUT2D eigenvalue weighted by atomic mass is 79.9. The summed E-state index contributed by atoms with van der Waals surface area (Å²) in [6.45, 7) is 4.56. The Morgan fingerprint density at radius 2 is 1.96 bits per heavy atom. The molecule has 27 heavy (non-hydrogen) atoms. The molecule has 10 heteroatoms. The van der Waals surface area contributed by atoms with Crippen LogP contribution in [0.1, 0.15) is 25.7 Å². The Morgan fingerprint density at radius 3 is 2.63 bits per heavy atom. The van der Waals surface area contributed by atoms with Crippen molar-refractivity contribution in [3.8, 4) is 5.75 Å². The number of aryl methyl sites for hydroxylation is 1. The van der Waals surface area contributed by atoms with Crippen LogP contribution in [0.3, 0.4) is 0 Å². The van der Waals surface area contributed by atoms with Crippen molar-refractivity contribution in [3.63, 3.8) is 0 Å². The number of nitrogens with one attached hydrogen (secondary N) is 2. The van der Waals surface area contributed by atoms with Crippen LogP contribution in [0.25, 0.3) is 0 Å². The Labute approximate surface area is 169 Å². The third-order valence-corrected chi connectivity index (χ3v) is 5.81. The van der Waals surface area contributed by atoms with Crippen LogP contribution in [0.15, 0.2) is 22.7 Å². The molecule has 8 nitrogen and oxygen atoms in total. The number of hydrogen-bond acceptors (Lipinski definition) is 7. The molecule has 1 aromatic heterocycles. The SMILES string of the molecule is COc1ccc(C(=O)NNC(=O)c2sc(N3CCOCC3)nc2C)cc1Br. The highest BCUT2D eigenvalue weighted by molar-refractivity contribution is 9.10. The molecule has 0 unspecified atom stereocenters. The predicted octanol–water partition coefficient (Wildman–Crippen LogP) is 2.13. The number of ether oxygens (including phenoxy) is 2. The Kier molecular flexibility index (Phi) is 6.30. The number of anilines is 1. The Bertz CT molecular complexity index is 851. The number of aromatic nitrogens is 1. The van der Waals surface area contributed by atoms with E-state index in [9.17, 15) is 9.59 Å². The van der Waals surface area contributed by atoms with Gasteiger partial charge in [0.15, 0.2) is 5.13 Å². The number of hydrogen-bond donors (Lipinski definition) is 2. The maximum absolute atomic E-state index is 12.4. The molecule has 2 amide bonds. The molecule has 1 aromatic carbocycles. The number of rotatable bonds is 4. The highest BCUT2D eigenvalue weighted by Gasteiger charge is 2.21. The summed E-state index contributed by atoms with van der Waals surface area (Å²) in [5, 5.41) is 0.784. The molecule has 2 aromatic rings. The van der Waals surface area contributed by atoms with Crippen LogP contribution >= 0.6 is 27.3 Å². The minimum atomic E-state index is -0.428. The number of methoxy groups -OCH3 is 1. The molecule has 0 spiro atoms. The van der Waals surface area contributed by atoms with Crippen molar-refractivity contribution in [1.82, 2.24) is 15.8 Å². The predicted molar refractivity (Wildman–Crippen MR) is 106 cm³/mol. The van der Waals surface area contributed by atoms with E-state index in [1.165, 1.54) is 11.3 Å². The van der Waals surface area contributed by atoms with Crippen molar-refractivity contribution in [2.75, 3.05) is 38.3 Å². The smallest absolute Gasteiger partial charge is 0.281 e. The fraction of sp³-hybridized carbons (Fsp3) is 0.353. The fourth-order valence-corrected chi connectivity index (χ4v) is 4.09. The maximum atomic E-state index is 12.4. The average Bonchev–Trinajstić information content (AvgIpc) is 3.08. The van der Waals surface area contributed by atoms with Crippen LogP contribution < -0.4 is 20.5 Å². The standard InChI is InChI=1S/C17H19BrN4O4S/c1-10-14(27-17(19-10)22-5-7-26-8-6-22)16(24)21-20-15(23)11-3-4-13(25-2)12(18)9-11/h3-4,9H,5-8H2,1-2H3,(H,20,23)(H,21,24). The summed E-state index contributed by atoms with van der Waals surface area (Å²) in [5.41, 5.74) is 5.88. The quantitative estimate of drug-likeness (QED) is 0.687. The number of halogens is 1. The van der Waals surface area contributed by atoms with E-state index in [0.29, 0.717) is 39.6 Å². The summed E-state index contributed by atoms with van der Waals surface area (Å²) in [7, 11) is 1.54. The summed E-state index contributed by atoms with van der Waals surface area (Å²) >= 11 is 4.63. The molecule has 0 radical (unpaired) electrons. The molecular weight excluding hydrogens is 436 g/mol. The number of benzene rings is 1. The summed E-state index contributed by atoms with van der Waals surface area (Å²) in [4.78, 5) is 31.7. The minimum Gasteiger partial charge on any atom is -0.496 e. The van der Waals surface area contributed by atoms with Gasteiger partial charge in [-0.2, -0.15) is 0 Å². The molecule has 0 saturated carbocycles. The summed E-state index contributed by atoms with van der Waals surface area (Å²) < 4.78 is 11.1. The van der Waals surface area contributed by atoms with Gasteiger partial charge in [-0.25, -0.2) is 4.98 Å². The number of nitrogens with zero attached hydrogens (tertiary/aromatic N) is 2. The van der Waals surface area contributed by atoms with Gasteiger partial charge < -0.3 is 14.4 Å². The van der Waals surface area contributed by atoms with Gasteiger partial charge in [-0.05, 0) is 41.1 Å². The molecule has 2 heterocycles. The lowest BCUT2D eigenvalue weighted by Gasteiger charge is -2.25. The maximum Gasteiger partial charge on any atom is 0.281 e. The first-order valence-electron chi connectivity index (χ1n) is 8.24. The van der Waals surface area contributed by atoms with Gasteiger partial charge in [-0.15, -0.1) is 0 Å². The zero-order chi connectivity index (χ0) is 19.4. The van der Waals surface area contributed by atoms with Gasteiger partial charge in [0.1, 0.15) is 10.6 Å². The zero-order valence-electron chi connectivity index (χ0n) is 14.9. The first-order chi connectivity index (χ1) is 13.0. The second-order valence-corrected chi connectivity index (χ2v) is 7.60. The zero-order valence-corrected chi connectivity index (χ0v) is 17.3. The number of thiazole rings is 1. The molecule has 1 aliphatic rings. The minimum absolute atomic E-state index is 0.387. The molecular formula is C17H19BrN4O4S. The van der Waals surface area contributed by atoms with Crippen molar-refractivity contribution in [1.29, 1.82) is 0 Å². The molecule has 0 atom stereocenters. The van der Waals surface area contributed by atoms with E-state index in [1.54, 1.807) is 32.2 Å². The molecule has 1 aliphatic heterocycles. The molecule has 3 rings (SSSR count). The van der Waals surface area contributed by atoms with Gasteiger partial charge in [0.2, 0.25) is 0 Å². The molecule has 0 bridgehead atoms. The summed E-state index contributed by atoms with van der Waals surface area (Å²) in [6, 6.07) is 4.90. The lowest BCUT2D eigenvalue weighted by Crippen LogP contribution is -2.41. The molecule has 2 N–H and O–H groups in total. The molecule has 1 fully saturated rings. The topological polar surface area (TPSA) is 92.8 Å². The highest BCUT2D eigenvalue weighted by Crippen LogP contribution is 2.27. The van der Waals surface area contributed by atoms with Crippen molar-refractivity contribution >= 4 is 44.2 Å². The van der Waals surface area contributed by atoms with E-state index in [0.717, 1.165) is 18.2 Å².